The fourth-order valence-corrected chi connectivity index (χ4v) is 3.95. The first kappa shape index (κ1) is 18.3. The van der Waals surface area contributed by atoms with Gasteiger partial charge in [-0.1, -0.05) is 19.9 Å². The smallest absolute Gasteiger partial charge is 0.279 e. The quantitative estimate of drug-likeness (QED) is 0.750. The van der Waals surface area contributed by atoms with E-state index in [9.17, 15) is 8.42 Å². The number of nitrogens with zero attached hydrogens (tertiary/aromatic N) is 3. The molecule has 1 aliphatic rings. The molecule has 0 saturated carbocycles. The van der Waals surface area contributed by atoms with E-state index in [0.717, 1.165) is 18.8 Å². The SMILES string of the molecule is CCN(CC)S(=O)(=O)NC[C@H](c1ccccn1)N1CCOCC1. The third-order valence-corrected chi connectivity index (χ3v) is 5.75. The van der Waals surface area contributed by atoms with Crippen LogP contribution in [0.1, 0.15) is 25.6 Å². The van der Waals surface area contributed by atoms with Gasteiger partial charge in [-0.05, 0) is 12.1 Å². The molecule has 8 heteroatoms. The van der Waals surface area contributed by atoms with Gasteiger partial charge in [-0.3, -0.25) is 9.88 Å². The third-order valence-electron chi connectivity index (χ3n) is 4.02. The summed E-state index contributed by atoms with van der Waals surface area (Å²) in [6.07, 6.45) is 1.74. The van der Waals surface area contributed by atoms with Crippen molar-refractivity contribution in [2.75, 3.05) is 45.9 Å². The van der Waals surface area contributed by atoms with Crippen molar-refractivity contribution in [3.63, 3.8) is 0 Å². The van der Waals surface area contributed by atoms with Gasteiger partial charge >= 0.3 is 0 Å². The second-order valence-electron chi connectivity index (χ2n) is 5.36. The van der Waals surface area contributed by atoms with Crippen LogP contribution in [0.25, 0.3) is 0 Å². The number of nitrogens with one attached hydrogen (secondary N) is 1. The van der Waals surface area contributed by atoms with E-state index < -0.39 is 10.2 Å². The van der Waals surface area contributed by atoms with E-state index in [1.54, 1.807) is 6.20 Å². The number of aromatic nitrogens is 1. The molecule has 0 amide bonds. The van der Waals surface area contributed by atoms with Crippen LogP contribution in [-0.4, -0.2) is 68.5 Å². The lowest BCUT2D eigenvalue weighted by Gasteiger charge is -2.34. The second-order valence-corrected chi connectivity index (χ2v) is 7.11. The number of morpholine rings is 1. The number of pyridine rings is 1. The first-order valence-electron chi connectivity index (χ1n) is 8.06. The average Bonchev–Trinajstić information content (AvgIpc) is 2.58. The largest absolute Gasteiger partial charge is 0.379 e. The van der Waals surface area contributed by atoms with Gasteiger partial charge in [0, 0.05) is 38.9 Å². The molecule has 0 aliphatic carbocycles. The van der Waals surface area contributed by atoms with Crippen molar-refractivity contribution < 1.29 is 13.2 Å². The van der Waals surface area contributed by atoms with Crippen LogP contribution in [0.15, 0.2) is 24.4 Å². The van der Waals surface area contributed by atoms with Crippen LogP contribution in [0.2, 0.25) is 0 Å². The summed E-state index contributed by atoms with van der Waals surface area (Å²) in [5, 5.41) is 0. The van der Waals surface area contributed by atoms with Crippen molar-refractivity contribution in [2.45, 2.75) is 19.9 Å². The van der Waals surface area contributed by atoms with E-state index in [-0.39, 0.29) is 6.04 Å². The Morgan fingerprint density at radius 3 is 2.57 bits per heavy atom. The van der Waals surface area contributed by atoms with Crippen LogP contribution < -0.4 is 4.72 Å². The molecule has 1 aromatic rings. The fourth-order valence-electron chi connectivity index (χ4n) is 2.72. The van der Waals surface area contributed by atoms with Crippen molar-refractivity contribution in [1.82, 2.24) is 18.9 Å². The molecule has 0 bridgehead atoms. The fraction of sp³-hybridized carbons (Fsp3) is 0.667. The van der Waals surface area contributed by atoms with E-state index in [2.05, 4.69) is 14.6 Å². The highest BCUT2D eigenvalue weighted by atomic mass is 32.2. The van der Waals surface area contributed by atoms with Gasteiger partial charge in [0.2, 0.25) is 0 Å². The Morgan fingerprint density at radius 2 is 2.00 bits per heavy atom. The first-order valence-corrected chi connectivity index (χ1v) is 9.50. The minimum atomic E-state index is -3.47. The maximum atomic E-state index is 12.4. The lowest BCUT2D eigenvalue weighted by Crippen LogP contribution is -2.47. The second kappa shape index (κ2) is 8.70. The Balaban J connectivity index is 2.12. The molecular formula is C15H26N4O3S. The molecular weight excluding hydrogens is 316 g/mol. The highest BCUT2D eigenvalue weighted by Crippen LogP contribution is 2.19. The molecule has 0 radical (unpaired) electrons. The zero-order valence-corrected chi connectivity index (χ0v) is 14.6. The Labute approximate surface area is 138 Å². The molecule has 1 aromatic heterocycles. The number of hydrogen-bond donors (Lipinski definition) is 1. The van der Waals surface area contributed by atoms with E-state index in [0.29, 0.717) is 32.8 Å². The van der Waals surface area contributed by atoms with Gasteiger partial charge in [-0.15, -0.1) is 0 Å². The lowest BCUT2D eigenvalue weighted by atomic mass is 10.1. The van der Waals surface area contributed by atoms with Gasteiger partial charge in [0.1, 0.15) is 0 Å². The molecule has 23 heavy (non-hydrogen) atoms. The van der Waals surface area contributed by atoms with Crippen LogP contribution in [0.3, 0.4) is 0 Å². The molecule has 130 valence electrons. The minimum absolute atomic E-state index is 0.0922. The minimum Gasteiger partial charge on any atom is -0.379 e. The molecule has 1 aliphatic heterocycles. The van der Waals surface area contributed by atoms with Crippen LogP contribution in [0, 0.1) is 0 Å². The summed E-state index contributed by atoms with van der Waals surface area (Å²) in [6.45, 7) is 7.74. The third kappa shape index (κ3) is 4.95. The lowest BCUT2D eigenvalue weighted by molar-refractivity contribution is 0.0163. The summed E-state index contributed by atoms with van der Waals surface area (Å²) in [6, 6.07) is 5.63. The first-order chi connectivity index (χ1) is 11.1. The van der Waals surface area contributed by atoms with Crippen molar-refractivity contribution in [1.29, 1.82) is 0 Å². The molecule has 7 nitrogen and oxygen atoms in total. The molecule has 1 atom stereocenters. The van der Waals surface area contributed by atoms with Crippen LogP contribution >= 0.6 is 0 Å². The van der Waals surface area contributed by atoms with Crippen molar-refractivity contribution >= 4 is 10.2 Å². The summed E-state index contributed by atoms with van der Waals surface area (Å²) < 4.78 is 34.3. The highest BCUT2D eigenvalue weighted by Gasteiger charge is 2.26. The topological polar surface area (TPSA) is 74.8 Å². The van der Waals surface area contributed by atoms with E-state index in [1.165, 1.54) is 4.31 Å². The van der Waals surface area contributed by atoms with Crippen LogP contribution in [-0.2, 0) is 14.9 Å². The summed E-state index contributed by atoms with van der Waals surface area (Å²) in [7, 11) is -3.47. The summed E-state index contributed by atoms with van der Waals surface area (Å²) >= 11 is 0. The molecule has 0 spiro atoms. The van der Waals surface area contributed by atoms with Crippen molar-refractivity contribution in [3.8, 4) is 0 Å². The van der Waals surface area contributed by atoms with E-state index in [1.807, 2.05) is 32.0 Å². The Kier molecular flexibility index (Phi) is 6.91. The molecule has 2 rings (SSSR count). The van der Waals surface area contributed by atoms with Gasteiger partial charge in [0.05, 0.1) is 24.9 Å². The summed E-state index contributed by atoms with van der Waals surface area (Å²) in [5.41, 5.74) is 0.872. The molecule has 1 N–H and O–H groups in total. The van der Waals surface area contributed by atoms with Gasteiger partial charge < -0.3 is 4.74 Å². The average molecular weight is 342 g/mol. The Hall–Kier alpha value is -1.06. The zero-order valence-electron chi connectivity index (χ0n) is 13.8. The molecule has 1 saturated heterocycles. The monoisotopic (exact) mass is 342 g/mol. The maximum Gasteiger partial charge on any atom is 0.279 e. The van der Waals surface area contributed by atoms with Crippen LogP contribution in [0.4, 0.5) is 0 Å². The van der Waals surface area contributed by atoms with Gasteiger partial charge in [-0.2, -0.15) is 12.7 Å². The maximum absolute atomic E-state index is 12.4. The van der Waals surface area contributed by atoms with Gasteiger partial charge in [-0.25, -0.2) is 4.72 Å². The van der Waals surface area contributed by atoms with Crippen molar-refractivity contribution in [2.24, 2.45) is 0 Å². The van der Waals surface area contributed by atoms with Crippen molar-refractivity contribution in [3.05, 3.63) is 30.1 Å². The Bertz CT molecular complexity index is 557. The van der Waals surface area contributed by atoms with E-state index in [4.69, 9.17) is 4.74 Å². The standard InChI is InChI=1S/C15H26N4O3S/c1-3-19(4-2)23(20,21)17-13-15(14-7-5-6-8-16-14)18-9-11-22-12-10-18/h5-8,15,17H,3-4,9-13H2,1-2H3/t15-/m1/s1. The zero-order chi connectivity index (χ0) is 16.7. The molecule has 2 heterocycles. The number of hydrogen-bond acceptors (Lipinski definition) is 5. The van der Waals surface area contributed by atoms with Gasteiger partial charge in [0.25, 0.3) is 10.2 Å². The van der Waals surface area contributed by atoms with Gasteiger partial charge in [0.15, 0.2) is 0 Å². The van der Waals surface area contributed by atoms with E-state index >= 15 is 0 Å². The molecule has 0 unspecified atom stereocenters. The number of rotatable bonds is 8. The number of ether oxygens (including phenoxy) is 1. The summed E-state index contributed by atoms with van der Waals surface area (Å²) in [5.74, 6) is 0. The Morgan fingerprint density at radius 1 is 1.30 bits per heavy atom. The predicted octanol–water partition coefficient (Wildman–Crippen LogP) is 0.631. The van der Waals surface area contributed by atoms with Crippen LogP contribution in [0.5, 0.6) is 0 Å². The molecule has 1 fully saturated rings. The highest BCUT2D eigenvalue weighted by molar-refractivity contribution is 7.87. The predicted molar refractivity (Wildman–Crippen MR) is 89.2 cm³/mol. The summed E-state index contributed by atoms with van der Waals surface area (Å²) in [4.78, 5) is 6.63. The normalized spacial score (nSPS) is 18.2. The molecule has 0 aromatic carbocycles.